The van der Waals surface area contributed by atoms with Crippen molar-refractivity contribution in [3.63, 3.8) is 0 Å². The van der Waals surface area contributed by atoms with Crippen LogP contribution in [0.1, 0.15) is 32.6 Å². The lowest BCUT2D eigenvalue weighted by Gasteiger charge is -2.09. The van der Waals surface area contributed by atoms with Gasteiger partial charge in [-0.25, -0.2) is 0 Å². The van der Waals surface area contributed by atoms with E-state index >= 15 is 0 Å². The number of hydrogen-bond donors (Lipinski definition) is 0. The van der Waals surface area contributed by atoms with Gasteiger partial charge in [0, 0.05) is 11.5 Å². The fourth-order valence-corrected chi connectivity index (χ4v) is 2.90. The van der Waals surface area contributed by atoms with Gasteiger partial charge in [0.25, 0.3) is 0 Å². The number of Topliss-reactive ketones (excluding diaryl/α,β-unsaturated/α-hetero) is 1. The van der Waals surface area contributed by atoms with Crippen molar-refractivity contribution in [2.24, 2.45) is 5.92 Å². The van der Waals surface area contributed by atoms with Crippen LogP contribution >= 0.6 is 0 Å². The van der Waals surface area contributed by atoms with Crippen molar-refractivity contribution in [3.05, 3.63) is 70.3 Å². The van der Waals surface area contributed by atoms with E-state index in [0.717, 1.165) is 18.4 Å². The Labute approximate surface area is 114 Å². The second-order valence-corrected chi connectivity index (χ2v) is 5.55. The predicted octanol–water partition coefficient (Wildman–Crippen LogP) is 3.90. The predicted molar refractivity (Wildman–Crippen MR) is 77.6 cm³/mol. The Kier molecular flexibility index (Phi) is 2.98. The van der Waals surface area contributed by atoms with Gasteiger partial charge in [0.1, 0.15) is 0 Å². The summed E-state index contributed by atoms with van der Waals surface area (Å²) in [6.07, 6.45) is 1.75. The van der Waals surface area contributed by atoms with Crippen molar-refractivity contribution >= 4 is 5.78 Å². The molecule has 1 aliphatic rings. The molecule has 0 bridgehead atoms. The van der Waals surface area contributed by atoms with Crippen molar-refractivity contribution in [1.29, 1.82) is 0 Å². The lowest BCUT2D eigenvalue weighted by molar-refractivity contribution is 0.0936. The third-order valence-corrected chi connectivity index (χ3v) is 4.17. The number of hydrogen-bond acceptors (Lipinski definition) is 1. The molecule has 1 nitrogen and oxygen atoms in total. The number of carbonyl (C=O) groups excluding carboxylic acids is 1. The first-order valence-electron chi connectivity index (χ1n) is 6.83. The van der Waals surface area contributed by atoms with E-state index in [-0.39, 0.29) is 5.92 Å². The smallest absolute Gasteiger partial charge is 0.166 e. The van der Waals surface area contributed by atoms with Crippen LogP contribution in [0.4, 0.5) is 0 Å². The summed E-state index contributed by atoms with van der Waals surface area (Å²) >= 11 is 0. The molecular formula is C18H18O. The monoisotopic (exact) mass is 250 g/mol. The molecule has 2 aromatic rings. The van der Waals surface area contributed by atoms with E-state index in [1.54, 1.807) is 0 Å². The highest BCUT2D eigenvalue weighted by atomic mass is 16.1. The van der Waals surface area contributed by atoms with Gasteiger partial charge in [-0.3, -0.25) is 4.79 Å². The van der Waals surface area contributed by atoms with Crippen LogP contribution < -0.4 is 0 Å². The molecule has 96 valence electrons. The third kappa shape index (κ3) is 2.21. The standard InChI is InChI=1S/C18H18O/c1-12-7-8-14(9-13(12)2)10-16-11-15-5-3-4-6-17(15)18(16)19/h3-9,16H,10-11H2,1-2H3. The Hall–Kier alpha value is -1.89. The maximum Gasteiger partial charge on any atom is 0.166 e. The van der Waals surface area contributed by atoms with Gasteiger partial charge in [-0.2, -0.15) is 0 Å². The van der Waals surface area contributed by atoms with Crippen molar-refractivity contribution < 1.29 is 4.79 Å². The van der Waals surface area contributed by atoms with Gasteiger partial charge in [-0.05, 0) is 48.9 Å². The fourth-order valence-electron chi connectivity index (χ4n) is 2.90. The molecule has 1 atom stereocenters. The molecule has 19 heavy (non-hydrogen) atoms. The van der Waals surface area contributed by atoms with Crippen molar-refractivity contribution in [1.82, 2.24) is 0 Å². The molecule has 0 amide bonds. The Bertz CT molecular complexity index is 640. The Morgan fingerprint density at radius 3 is 2.58 bits per heavy atom. The molecule has 0 aliphatic heterocycles. The lowest BCUT2D eigenvalue weighted by atomic mass is 9.94. The maximum atomic E-state index is 12.4. The van der Waals surface area contributed by atoms with Crippen LogP contribution in [0.3, 0.4) is 0 Å². The minimum atomic E-state index is 0.125. The van der Waals surface area contributed by atoms with Gasteiger partial charge in [-0.1, -0.05) is 42.5 Å². The molecule has 0 fully saturated rings. The zero-order chi connectivity index (χ0) is 13.4. The molecule has 0 radical (unpaired) electrons. The quantitative estimate of drug-likeness (QED) is 0.790. The molecule has 0 N–H and O–H groups in total. The van der Waals surface area contributed by atoms with Crippen molar-refractivity contribution in [2.75, 3.05) is 0 Å². The summed E-state index contributed by atoms with van der Waals surface area (Å²) in [4.78, 5) is 12.4. The van der Waals surface area contributed by atoms with Gasteiger partial charge in [0.2, 0.25) is 0 Å². The zero-order valence-corrected chi connectivity index (χ0v) is 11.4. The van der Waals surface area contributed by atoms with Gasteiger partial charge < -0.3 is 0 Å². The SMILES string of the molecule is Cc1ccc(CC2Cc3ccccc3C2=O)cc1C. The molecule has 1 aliphatic carbocycles. The first kappa shape index (κ1) is 12.2. The van der Waals surface area contributed by atoms with Crippen molar-refractivity contribution in [3.8, 4) is 0 Å². The molecule has 3 rings (SSSR count). The van der Waals surface area contributed by atoms with E-state index in [0.29, 0.717) is 5.78 Å². The van der Waals surface area contributed by atoms with E-state index in [4.69, 9.17) is 0 Å². The number of carbonyl (C=O) groups is 1. The van der Waals surface area contributed by atoms with Crippen LogP contribution in [0.5, 0.6) is 0 Å². The zero-order valence-electron chi connectivity index (χ0n) is 11.4. The van der Waals surface area contributed by atoms with Gasteiger partial charge >= 0.3 is 0 Å². The molecule has 0 saturated heterocycles. The number of fused-ring (bicyclic) bond motifs is 1. The van der Waals surface area contributed by atoms with Crippen LogP contribution in [-0.2, 0) is 12.8 Å². The number of ketones is 1. The Morgan fingerprint density at radius 2 is 1.84 bits per heavy atom. The van der Waals surface area contributed by atoms with E-state index < -0.39 is 0 Å². The largest absolute Gasteiger partial charge is 0.294 e. The van der Waals surface area contributed by atoms with Crippen LogP contribution in [0.15, 0.2) is 42.5 Å². The molecule has 0 spiro atoms. The summed E-state index contributed by atoms with van der Waals surface area (Å²) in [7, 11) is 0. The molecule has 0 saturated carbocycles. The first-order valence-corrected chi connectivity index (χ1v) is 6.83. The van der Waals surface area contributed by atoms with Crippen LogP contribution in [0, 0.1) is 19.8 Å². The van der Waals surface area contributed by atoms with Gasteiger partial charge in [-0.15, -0.1) is 0 Å². The summed E-state index contributed by atoms with van der Waals surface area (Å²) in [6.45, 7) is 4.25. The average molecular weight is 250 g/mol. The molecular weight excluding hydrogens is 232 g/mol. The van der Waals surface area contributed by atoms with Crippen LogP contribution in [0.25, 0.3) is 0 Å². The molecule has 1 heteroatoms. The summed E-state index contributed by atoms with van der Waals surface area (Å²) in [5.41, 5.74) is 6.03. The normalized spacial score (nSPS) is 17.6. The summed E-state index contributed by atoms with van der Waals surface area (Å²) < 4.78 is 0. The van der Waals surface area contributed by atoms with Gasteiger partial charge in [0.15, 0.2) is 5.78 Å². The summed E-state index contributed by atoms with van der Waals surface area (Å²) in [6, 6.07) is 14.5. The van der Waals surface area contributed by atoms with E-state index in [2.05, 4.69) is 38.1 Å². The van der Waals surface area contributed by atoms with Crippen LogP contribution in [0.2, 0.25) is 0 Å². The van der Waals surface area contributed by atoms with Crippen LogP contribution in [-0.4, -0.2) is 5.78 Å². The highest BCUT2D eigenvalue weighted by Crippen LogP contribution is 2.29. The molecule has 0 heterocycles. The van der Waals surface area contributed by atoms with Crippen molar-refractivity contribution in [2.45, 2.75) is 26.7 Å². The van der Waals surface area contributed by atoms with E-state index in [1.165, 1.54) is 22.3 Å². The minimum absolute atomic E-state index is 0.125. The third-order valence-electron chi connectivity index (χ3n) is 4.17. The second-order valence-electron chi connectivity index (χ2n) is 5.55. The first-order chi connectivity index (χ1) is 9.15. The Morgan fingerprint density at radius 1 is 1.05 bits per heavy atom. The second kappa shape index (κ2) is 4.65. The minimum Gasteiger partial charge on any atom is -0.294 e. The maximum absolute atomic E-state index is 12.4. The van der Waals surface area contributed by atoms with E-state index in [9.17, 15) is 4.79 Å². The van der Waals surface area contributed by atoms with Gasteiger partial charge in [0.05, 0.1) is 0 Å². The summed E-state index contributed by atoms with van der Waals surface area (Å²) in [5.74, 6) is 0.438. The molecule has 0 aromatic heterocycles. The molecule has 1 unspecified atom stereocenters. The number of aryl methyl sites for hydroxylation is 2. The number of rotatable bonds is 2. The summed E-state index contributed by atoms with van der Waals surface area (Å²) in [5, 5.41) is 0. The lowest BCUT2D eigenvalue weighted by Crippen LogP contribution is -2.12. The topological polar surface area (TPSA) is 17.1 Å². The highest BCUT2D eigenvalue weighted by Gasteiger charge is 2.29. The highest BCUT2D eigenvalue weighted by molar-refractivity contribution is 6.02. The fraction of sp³-hybridized carbons (Fsp3) is 0.278. The Balaban J connectivity index is 1.83. The van der Waals surface area contributed by atoms with E-state index in [1.807, 2.05) is 18.2 Å². The molecule has 2 aromatic carbocycles. The number of benzene rings is 2. The average Bonchev–Trinajstić information content (AvgIpc) is 2.72.